The van der Waals surface area contributed by atoms with Gasteiger partial charge in [-0.2, -0.15) is 0 Å². The van der Waals surface area contributed by atoms with Gasteiger partial charge in [-0.1, -0.05) is 12.1 Å². The van der Waals surface area contributed by atoms with Crippen molar-refractivity contribution in [2.75, 3.05) is 26.3 Å². The SMILES string of the molecule is CCOc1ccc(C(=O)N(CC)CC(=O)NCc2ccc(F)cc2)cc1OCC. The Bertz CT molecular complexity index is 824. The van der Waals surface area contributed by atoms with Crippen molar-refractivity contribution in [2.24, 2.45) is 0 Å². The average Bonchev–Trinajstić information content (AvgIpc) is 2.72. The maximum atomic E-state index is 12.9. The molecule has 0 unspecified atom stereocenters. The molecule has 0 fully saturated rings. The largest absolute Gasteiger partial charge is 0.490 e. The molecule has 1 N–H and O–H groups in total. The summed E-state index contributed by atoms with van der Waals surface area (Å²) >= 11 is 0. The number of nitrogens with zero attached hydrogens (tertiary/aromatic N) is 1. The van der Waals surface area contributed by atoms with Gasteiger partial charge in [-0.15, -0.1) is 0 Å². The number of halogens is 1. The maximum absolute atomic E-state index is 12.9. The van der Waals surface area contributed by atoms with Crippen LogP contribution in [0.5, 0.6) is 11.5 Å². The van der Waals surface area contributed by atoms with Gasteiger partial charge in [0.15, 0.2) is 11.5 Å². The van der Waals surface area contributed by atoms with Gasteiger partial charge in [0.1, 0.15) is 5.82 Å². The molecule has 0 spiro atoms. The molecule has 156 valence electrons. The van der Waals surface area contributed by atoms with Crippen molar-refractivity contribution in [1.82, 2.24) is 10.2 Å². The van der Waals surface area contributed by atoms with Crippen LogP contribution in [0.1, 0.15) is 36.7 Å². The van der Waals surface area contributed by atoms with Crippen LogP contribution in [0.25, 0.3) is 0 Å². The lowest BCUT2D eigenvalue weighted by Crippen LogP contribution is -2.40. The molecule has 0 aliphatic rings. The molecule has 0 aliphatic carbocycles. The zero-order valence-corrected chi connectivity index (χ0v) is 17.0. The summed E-state index contributed by atoms with van der Waals surface area (Å²) in [6.07, 6.45) is 0. The minimum atomic E-state index is -0.329. The predicted octanol–water partition coefficient (Wildman–Crippen LogP) is 3.40. The second kappa shape index (κ2) is 11.0. The predicted molar refractivity (Wildman–Crippen MR) is 109 cm³/mol. The van der Waals surface area contributed by atoms with E-state index in [1.165, 1.54) is 17.0 Å². The molecular weight excluding hydrogens is 375 g/mol. The third kappa shape index (κ3) is 6.48. The van der Waals surface area contributed by atoms with Crippen LogP contribution in [-0.4, -0.2) is 43.0 Å². The maximum Gasteiger partial charge on any atom is 0.254 e. The Morgan fingerprint density at radius 2 is 1.62 bits per heavy atom. The van der Waals surface area contributed by atoms with E-state index in [0.717, 1.165) is 5.56 Å². The van der Waals surface area contributed by atoms with E-state index in [0.29, 0.717) is 36.8 Å². The lowest BCUT2D eigenvalue weighted by atomic mass is 10.1. The van der Waals surface area contributed by atoms with E-state index in [2.05, 4.69) is 5.32 Å². The Kier molecular flexibility index (Phi) is 8.45. The topological polar surface area (TPSA) is 67.9 Å². The Balaban J connectivity index is 2.02. The number of hydrogen-bond donors (Lipinski definition) is 1. The fourth-order valence-electron chi connectivity index (χ4n) is 2.73. The van der Waals surface area contributed by atoms with Gasteiger partial charge < -0.3 is 19.7 Å². The summed E-state index contributed by atoms with van der Waals surface area (Å²) < 4.78 is 24.0. The van der Waals surface area contributed by atoms with Crippen LogP contribution in [0.15, 0.2) is 42.5 Å². The normalized spacial score (nSPS) is 10.3. The number of rotatable bonds is 10. The summed E-state index contributed by atoms with van der Waals surface area (Å²) in [7, 11) is 0. The molecule has 2 amide bonds. The van der Waals surface area contributed by atoms with E-state index < -0.39 is 0 Å². The molecule has 2 rings (SSSR count). The molecule has 0 aliphatic heterocycles. The van der Waals surface area contributed by atoms with Crippen LogP contribution in [0, 0.1) is 5.82 Å². The second-order valence-corrected chi connectivity index (χ2v) is 6.25. The van der Waals surface area contributed by atoms with E-state index in [9.17, 15) is 14.0 Å². The molecule has 29 heavy (non-hydrogen) atoms. The summed E-state index contributed by atoms with van der Waals surface area (Å²) in [5.74, 6) is 0.182. The molecule has 2 aromatic rings. The van der Waals surface area contributed by atoms with Crippen molar-refractivity contribution in [2.45, 2.75) is 27.3 Å². The molecule has 2 aromatic carbocycles. The first-order valence-electron chi connectivity index (χ1n) is 9.68. The van der Waals surface area contributed by atoms with E-state index in [1.807, 2.05) is 20.8 Å². The number of hydrogen-bond acceptors (Lipinski definition) is 4. The number of carbonyl (C=O) groups excluding carboxylic acids is 2. The molecular formula is C22H27FN2O4. The zero-order valence-electron chi connectivity index (χ0n) is 17.0. The first kappa shape index (κ1) is 22.2. The van der Waals surface area contributed by atoms with E-state index in [1.54, 1.807) is 30.3 Å². The second-order valence-electron chi connectivity index (χ2n) is 6.25. The molecule has 0 aromatic heterocycles. The summed E-state index contributed by atoms with van der Waals surface area (Å²) in [4.78, 5) is 26.6. The third-order valence-electron chi connectivity index (χ3n) is 4.20. The monoisotopic (exact) mass is 402 g/mol. The van der Waals surface area contributed by atoms with E-state index in [4.69, 9.17) is 9.47 Å². The highest BCUT2D eigenvalue weighted by Crippen LogP contribution is 2.29. The van der Waals surface area contributed by atoms with Crippen LogP contribution in [0.4, 0.5) is 4.39 Å². The van der Waals surface area contributed by atoms with E-state index in [-0.39, 0.29) is 30.7 Å². The number of likely N-dealkylation sites (N-methyl/N-ethyl adjacent to an activating group) is 1. The number of amides is 2. The lowest BCUT2D eigenvalue weighted by molar-refractivity contribution is -0.121. The molecule has 6 nitrogen and oxygen atoms in total. The Morgan fingerprint density at radius 3 is 2.24 bits per heavy atom. The van der Waals surface area contributed by atoms with Crippen LogP contribution in [0.2, 0.25) is 0 Å². The van der Waals surface area contributed by atoms with Crippen molar-refractivity contribution in [3.8, 4) is 11.5 Å². The van der Waals surface area contributed by atoms with Crippen LogP contribution < -0.4 is 14.8 Å². The fraction of sp³-hybridized carbons (Fsp3) is 0.364. The number of benzene rings is 2. The number of carbonyl (C=O) groups is 2. The van der Waals surface area contributed by atoms with Crippen LogP contribution in [0.3, 0.4) is 0 Å². The number of ether oxygens (including phenoxy) is 2. The van der Waals surface area contributed by atoms with Gasteiger partial charge in [0.25, 0.3) is 5.91 Å². The van der Waals surface area contributed by atoms with Crippen molar-refractivity contribution in [3.05, 3.63) is 59.4 Å². The first-order valence-corrected chi connectivity index (χ1v) is 9.68. The smallest absolute Gasteiger partial charge is 0.254 e. The van der Waals surface area contributed by atoms with Crippen molar-refractivity contribution >= 4 is 11.8 Å². The summed E-state index contributed by atoms with van der Waals surface area (Å²) in [6.45, 7) is 7.04. The van der Waals surface area contributed by atoms with Crippen molar-refractivity contribution in [3.63, 3.8) is 0 Å². The van der Waals surface area contributed by atoms with Gasteiger partial charge in [-0.25, -0.2) is 4.39 Å². The highest BCUT2D eigenvalue weighted by atomic mass is 19.1. The molecule has 0 atom stereocenters. The van der Waals surface area contributed by atoms with Gasteiger partial charge in [0.2, 0.25) is 5.91 Å². The van der Waals surface area contributed by atoms with E-state index >= 15 is 0 Å². The van der Waals surface area contributed by atoms with Gasteiger partial charge in [-0.05, 0) is 56.7 Å². The minimum Gasteiger partial charge on any atom is -0.490 e. The van der Waals surface area contributed by atoms with Crippen LogP contribution >= 0.6 is 0 Å². The zero-order chi connectivity index (χ0) is 21.2. The van der Waals surface area contributed by atoms with Gasteiger partial charge >= 0.3 is 0 Å². The standard InChI is InChI=1S/C22H27FN2O4/c1-4-25(15-21(26)24-14-16-7-10-18(23)11-8-16)22(27)17-9-12-19(28-5-2)20(13-17)29-6-3/h7-13H,4-6,14-15H2,1-3H3,(H,24,26). The van der Waals surface area contributed by atoms with Crippen molar-refractivity contribution < 1.29 is 23.5 Å². The van der Waals surface area contributed by atoms with Gasteiger partial charge in [0.05, 0.1) is 19.8 Å². The highest BCUT2D eigenvalue weighted by Gasteiger charge is 2.19. The lowest BCUT2D eigenvalue weighted by Gasteiger charge is -2.21. The minimum absolute atomic E-state index is 0.0757. The van der Waals surface area contributed by atoms with Gasteiger partial charge in [0, 0.05) is 18.7 Å². The Labute approximate surface area is 170 Å². The fourth-order valence-corrected chi connectivity index (χ4v) is 2.73. The molecule has 0 radical (unpaired) electrons. The third-order valence-corrected chi connectivity index (χ3v) is 4.20. The van der Waals surface area contributed by atoms with Gasteiger partial charge in [-0.3, -0.25) is 9.59 Å². The quantitative estimate of drug-likeness (QED) is 0.661. The van der Waals surface area contributed by atoms with Crippen LogP contribution in [-0.2, 0) is 11.3 Å². The molecule has 0 bridgehead atoms. The Hall–Kier alpha value is -3.09. The summed E-state index contributed by atoms with van der Waals surface area (Å²) in [5, 5.41) is 2.75. The molecule has 0 heterocycles. The Morgan fingerprint density at radius 1 is 0.966 bits per heavy atom. The summed E-state index contributed by atoms with van der Waals surface area (Å²) in [5.41, 5.74) is 1.20. The molecule has 7 heteroatoms. The first-order chi connectivity index (χ1) is 14.0. The average molecular weight is 402 g/mol. The molecule has 0 saturated carbocycles. The summed E-state index contributed by atoms with van der Waals surface area (Å²) in [6, 6.07) is 10.9. The van der Waals surface area contributed by atoms with Crippen molar-refractivity contribution in [1.29, 1.82) is 0 Å². The molecule has 0 saturated heterocycles. The number of nitrogens with one attached hydrogen (secondary N) is 1. The highest BCUT2D eigenvalue weighted by molar-refractivity contribution is 5.97.